The number of hydrogen-bond acceptors (Lipinski definition) is 7. The summed E-state index contributed by atoms with van der Waals surface area (Å²) in [7, 11) is 3.27. The molecule has 3 aliphatic rings. The Kier molecular flexibility index (Phi) is 8.07. The molecule has 2 aromatic carbocycles. The van der Waals surface area contributed by atoms with Gasteiger partial charge in [-0.1, -0.05) is 12.2 Å². The molecule has 3 heterocycles. The smallest absolute Gasteiger partial charge is 0.330 e. The fourth-order valence-corrected chi connectivity index (χ4v) is 6.28. The summed E-state index contributed by atoms with van der Waals surface area (Å²) in [5, 5.41) is 13.4. The Balaban J connectivity index is 1.35. The van der Waals surface area contributed by atoms with Crippen LogP contribution >= 0.6 is 0 Å². The zero-order valence-electron chi connectivity index (χ0n) is 25.5. The van der Waals surface area contributed by atoms with E-state index in [4.69, 9.17) is 19.4 Å². The number of rotatable bonds is 5. The number of amides is 3. The van der Waals surface area contributed by atoms with Crippen molar-refractivity contribution in [1.82, 2.24) is 25.1 Å². The molecule has 3 amide bonds. The molecule has 4 unspecified atom stereocenters. The number of urea groups is 1. The van der Waals surface area contributed by atoms with Crippen LogP contribution in [0.4, 0.5) is 9.18 Å². The predicted octanol–water partition coefficient (Wildman–Crippen LogP) is 4.33. The van der Waals surface area contributed by atoms with Crippen LogP contribution in [0.2, 0.25) is 0 Å². The highest BCUT2D eigenvalue weighted by atomic mass is 19.1. The number of ether oxygens (including phenoxy) is 2. The molecule has 0 spiro atoms. The number of aromatic nitrogens is 2. The lowest BCUT2D eigenvalue weighted by Gasteiger charge is -2.29. The Bertz CT molecular complexity index is 1680. The number of allylic oxidation sites excluding steroid dienone is 1. The van der Waals surface area contributed by atoms with Crippen LogP contribution in [0.15, 0.2) is 48.6 Å². The number of carboxylic acid groups (broad SMARTS) is 1. The van der Waals surface area contributed by atoms with E-state index in [9.17, 15) is 23.9 Å². The number of methoxy groups -OCH3 is 1. The Hall–Kier alpha value is -4.74. The minimum Gasteiger partial charge on any atom is -0.496 e. The lowest BCUT2D eigenvalue weighted by molar-refractivity contribution is -0.144. The van der Waals surface area contributed by atoms with E-state index in [1.165, 1.54) is 17.0 Å². The standard InChI is InChI=1S/C33H36FN5O6/c1-19-26(44-3)14-13-24-27(19)35-28(20-9-11-22(34)12-10-20)36-30(24)45-23-16-25-29(40)37-33(31(41)42)17-21(33)8-6-4-5-7-15-38(2)32(43)39(25)18-23/h6,8-14,21,23,25H,4-5,7,15-18H2,1-3H3,(H,37,40)(H,41,42). The molecule has 1 saturated heterocycles. The number of carbonyl (C=O) groups excluding carboxylic acids is 2. The van der Waals surface area contributed by atoms with Gasteiger partial charge in [0.25, 0.3) is 0 Å². The van der Waals surface area contributed by atoms with Crippen molar-refractivity contribution in [3.63, 3.8) is 0 Å². The molecule has 4 atom stereocenters. The highest BCUT2D eigenvalue weighted by Gasteiger charge is 2.61. The molecule has 2 aliphatic heterocycles. The van der Waals surface area contributed by atoms with Gasteiger partial charge in [-0.3, -0.25) is 4.79 Å². The molecule has 11 nitrogen and oxygen atoms in total. The fourth-order valence-electron chi connectivity index (χ4n) is 6.28. The van der Waals surface area contributed by atoms with E-state index in [0.29, 0.717) is 41.0 Å². The molecule has 1 aliphatic carbocycles. The van der Waals surface area contributed by atoms with Crippen LogP contribution < -0.4 is 14.8 Å². The number of nitrogens with zero attached hydrogens (tertiary/aromatic N) is 4. The number of hydrogen-bond donors (Lipinski definition) is 2. The average Bonchev–Trinajstić information content (AvgIpc) is 3.56. The molecule has 0 radical (unpaired) electrons. The van der Waals surface area contributed by atoms with E-state index in [2.05, 4.69) is 5.32 Å². The molecule has 2 N–H and O–H groups in total. The van der Waals surface area contributed by atoms with E-state index in [1.54, 1.807) is 43.3 Å². The van der Waals surface area contributed by atoms with Gasteiger partial charge in [0.2, 0.25) is 11.8 Å². The van der Waals surface area contributed by atoms with Gasteiger partial charge in [0.15, 0.2) is 5.82 Å². The van der Waals surface area contributed by atoms with Crippen LogP contribution in [-0.2, 0) is 9.59 Å². The lowest BCUT2D eigenvalue weighted by Crippen LogP contribution is -2.54. The molecule has 2 fully saturated rings. The van der Waals surface area contributed by atoms with E-state index in [0.717, 1.165) is 24.8 Å². The van der Waals surface area contributed by atoms with Crippen LogP contribution in [-0.4, -0.2) is 87.7 Å². The first-order valence-corrected chi connectivity index (χ1v) is 15.1. The van der Waals surface area contributed by atoms with Gasteiger partial charge in [-0.2, -0.15) is 4.98 Å². The number of aryl methyl sites for hydroxylation is 1. The quantitative estimate of drug-likeness (QED) is 0.405. The summed E-state index contributed by atoms with van der Waals surface area (Å²) in [5.41, 5.74) is 0.537. The number of carbonyl (C=O) groups is 3. The van der Waals surface area contributed by atoms with E-state index in [-0.39, 0.29) is 30.8 Å². The van der Waals surface area contributed by atoms with Gasteiger partial charge in [-0.05, 0) is 69.0 Å². The topological polar surface area (TPSA) is 134 Å². The maximum atomic E-state index is 13.7. The molecule has 236 valence electrons. The molecular weight excluding hydrogens is 581 g/mol. The van der Waals surface area contributed by atoms with Gasteiger partial charge in [0, 0.05) is 37.1 Å². The van der Waals surface area contributed by atoms with Crippen LogP contribution in [0, 0.1) is 18.7 Å². The third-order valence-corrected chi connectivity index (χ3v) is 9.00. The van der Waals surface area contributed by atoms with Crippen LogP contribution in [0.3, 0.4) is 0 Å². The summed E-state index contributed by atoms with van der Waals surface area (Å²) in [6.45, 7) is 2.48. The summed E-state index contributed by atoms with van der Waals surface area (Å²) in [6, 6.07) is 8.13. The SMILES string of the molecule is COc1ccc2c(OC3CC4C(=O)NC5(C(=O)O)CC5C=CCCCCN(C)C(=O)N4C3)nc(-c3ccc(F)cc3)nc2c1C. The van der Waals surface area contributed by atoms with Crippen molar-refractivity contribution in [2.75, 3.05) is 27.2 Å². The zero-order valence-corrected chi connectivity index (χ0v) is 25.5. The van der Waals surface area contributed by atoms with Gasteiger partial charge in [0.1, 0.15) is 29.3 Å². The first kappa shape index (κ1) is 30.3. The van der Waals surface area contributed by atoms with E-state index >= 15 is 0 Å². The molecule has 1 saturated carbocycles. The fraction of sp³-hybridized carbons (Fsp3) is 0.424. The summed E-state index contributed by atoms with van der Waals surface area (Å²) >= 11 is 0. The molecule has 12 heteroatoms. The second kappa shape index (κ2) is 12.0. The summed E-state index contributed by atoms with van der Waals surface area (Å²) in [6.07, 6.45) is 6.03. The number of aliphatic carboxylic acids is 1. The summed E-state index contributed by atoms with van der Waals surface area (Å²) in [5.74, 6) is -1.13. The lowest BCUT2D eigenvalue weighted by atomic mass is 10.1. The van der Waals surface area contributed by atoms with Gasteiger partial charge in [0.05, 0.1) is 24.6 Å². The second-order valence-corrected chi connectivity index (χ2v) is 12.0. The van der Waals surface area contributed by atoms with Crippen molar-refractivity contribution in [1.29, 1.82) is 0 Å². The Morgan fingerprint density at radius 1 is 1.13 bits per heavy atom. The number of fused-ring (bicyclic) bond motifs is 3. The number of benzene rings is 2. The largest absolute Gasteiger partial charge is 0.496 e. The van der Waals surface area contributed by atoms with Crippen molar-refractivity contribution in [3.05, 3.63) is 59.9 Å². The van der Waals surface area contributed by atoms with Crippen LogP contribution in [0.25, 0.3) is 22.3 Å². The van der Waals surface area contributed by atoms with Gasteiger partial charge in [-0.15, -0.1) is 0 Å². The Morgan fingerprint density at radius 2 is 1.91 bits per heavy atom. The molecular formula is C33H36FN5O6. The minimum atomic E-state index is -1.39. The van der Waals surface area contributed by atoms with E-state index in [1.807, 2.05) is 19.1 Å². The maximum absolute atomic E-state index is 13.7. The Morgan fingerprint density at radius 3 is 2.64 bits per heavy atom. The van der Waals surface area contributed by atoms with Crippen LogP contribution in [0.1, 0.15) is 37.7 Å². The monoisotopic (exact) mass is 617 g/mol. The normalized spacial score (nSPS) is 25.3. The third-order valence-electron chi connectivity index (χ3n) is 9.00. The highest BCUT2D eigenvalue weighted by molar-refractivity contribution is 5.95. The number of carboxylic acids is 1. The molecule has 0 bridgehead atoms. The molecule has 45 heavy (non-hydrogen) atoms. The van der Waals surface area contributed by atoms with Crippen molar-refractivity contribution < 1.29 is 33.4 Å². The summed E-state index contributed by atoms with van der Waals surface area (Å²) < 4.78 is 25.7. The van der Waals surface area contributed by atoms with Crippen molar-refractivity contribution >= 4 is 28.8 Å². The van der Waals surface area contributed by atoms with Crippen molar-refractivity contribution in [2.24, 2.45) is 5.92 Å². The van der Waals surface area contributed by atoms with Crippen molar-refractivity contribution in [3.8, 4) is 23.0 Å². The van der Waals surface area contributed by atoms with Gasteiger partial charge in [-0.25, -0.2) is 19.0 Å². The number of halogens is 1. The van der Waals surface area contributed by atoms with E-state index < -0.39 is 35.4 Å². The molecule has 3 aromatic rings. The maximum Gasteiger partial charge on any atom is 0.330 e. The first-order valence-electron chi connectivity index (χ1n) is 15.1. The van der Waals surface area contributed by atoms with Crippen LogP contribution in [0.5, 0.6) is 11.6 Å². The first-order chi connectivity index (χ1) is 21.6. The Labute approximate surface area is 260 Å². The van der Waals surface area contributed by atoms with Gasteiger partial charge < -0.3 is 29.7 Å². The predicted molar refractivity (Wildman–Crippen MR) is 163 cm³/mol. The third kappa shape index (κ3) is 5.76. The zero-order chi connectivity index (χ0) is 31.9. The number of nitrogens with one attached hydrogen (secondary N) is 1. The highest BCUT2D eigenvalue weighted by Crippen LogP contribution is 2.45. The minimum absolute atomic E-state index is 0.0944. The molecule has 6 rings (SSSR count). The summed E-state index contributed by atoms with van der Waals surface area (Å²) in [4.78, 5) is 52.2. The molecule has 1 aromatic heterocycles. The van der Waals surface area contributed by atoms with Gasteiger partial charge >= 0.3 is 12.0 Å². The average molecular weight is 618 g/mol. The van der Waals surface area contributed by atoms with Crippen molar-refractivity contribution in [2.45, 2.75) is 56.7 Å². The second-order valence-electron chi connectivity index (χ2n) is 12.0.